The summed E-state index contributed by atoms with van der Waals surface area (Å²) in [5.41, 5.74) is 0.0200. The largest absolute Gasteiger partial charge is 0.834 e. The van der Waals surface area contributed by atoms with Crippen LogP contribution in [0.25, 0.3) is 0 Å². The van der Waals surface area contributed by atoms with Gasteiger partial charge in [-0.05, 0) is 24.0 Å². The molecule has 0 N–H and O–H groups in total. The second-order valence-electron chi connectivity index (χ2n) is 13.2. The number of aryl methyl sites for hydroxylation is 1. The van der Waals surface area contributed by atoms with Gasteiger partial charge in [-0.1, -0.05) is 67.6 Å². The molecule has 44 heavy (non-hydrogen) atoms. The molecule has 0 amide bonds. The van der Waals surface area contributed by atoms with Crippen LogP contribution in [0.3, 0.4) is 0 Å². The van der Waals surface area contributed by atoms with Gasteiger partial charge in [-0.25, -0.2) is 4.98 Å². The lowest BCUT2D eigenvalue weighted by Crippen LogP contribution is -2.60. The quantitative estimate of drug-likeness (QED) is 0.297. The van der Waals surface area contributed by atoms with Gasteiger partial charge in [-0.2, -0.15) is 0 Å². The monoisotopic (exact) mass is 599 g/mol. The zero-order valence-electron chi connectivity index (χ0n) is 26.0. The highest BCUT2D eigenvalue weighted by Crippen LogP contribution is 2.46. The van der Waals surface area contributed by atoms with E-state index in [0.717, 1.165) is 31.4 Å². The van der Waals surface area contributed by atoms with Crippen molar-refractivity contribution >= 4 is 11.9 Å². The average molecular weight is 600 g/mol. The minimum absolute atomic E-state index is 0.0373. The Morgan fingerprint density at radius 3 is 2.14 bits per heavy atom. The van der Waals surface area contributed by atoms with E-state index >= 15 is 0 Å². The zero-order valence-corrected chi connectivity index (χ0v) is 26.0. The molecular weight excluding hydrogens is 554 g/mol. The summed E-state index contributed by atoms with van der Waals surface area (Å²) in [4.78, 5) is 28.8. The molecule has 0 radical (unpaired) electrons. The third-order valence-corrected chi connectivity index (χ3v) is 10.8. The first-order valence-electron chi connectivity index (χ1n) is 16.4. The van der Waals surface area contributed by atoms with Crippen molar-refractivity contribution in [2.75, 3.05) is 19.7 Å². The highest BCUT2D eigenvalue weighted by Gasteiger charge is 2.56. The van der Waals surface area contributed by atoms with Crippen LogP contribution in [0.1, 0.15) is 68.7 Å². The summed E-state index contributed by atoms with van der Waals surface area (Å²) < 4.78 is 14.3. The first kappa shape index (κ1) is 30.5. The smallest absolute Gasteiger partial charge is 0.309 e. The molecular formula is C36H45N3O5. The maximum atomic E-state index is 14.0. The maximum Gasteiger partial charge on any atom is 0.309 e. The molecule has 2 bridgehead atoms. The van der Waals surface area contributed by atoms with Crippen molar-refractivity contribution in [3.63, 3.8) is 0 Å². The number of esters is 2. The Labute approximate surface area is 260 Å². The van der Waals surface area contributed by atoms with Crippen molar-refractivity contribution in [2.45, 2.75) is 82.1 Å². The second-order valence-corrected chi connectivity index (χ2v) is 13.2. The molecule has 1 unspecified atom stereocenters. The summed E-state index contributed by atoms with van der Waals surface area (Å²) in [6.45, 7) is 5.17. The number of hydrogen-bond donors (Lipinski definition) is 0. The van der Waals surface area contributed by atoms with Crippen molar-refractivity contribution in [1.29, 1.82) is 0 Å². The van der Waals surface area contributed by atoms with Gasteiger partial charge < -0.3 is 23.6 Å². The Morgan fingerprint density at radius 1 is 1.02 bits per heavy atom. The fourth-order valence-electron chi connectivity index (χ4n) is 8.44. The van der Waals surface area contributed by atoms with E-state index in [4.69, 9.17) is 9.47 Å². The highest BCUT2D eigenvalue weighted by molar-refractivity contribution is 5.85. The number of nitrogens with zero attached hydrogens (tertiary/aromatic N) is 3. The minimum Gasteiger partial charge on any atom is -0.834 e. The summed E-state index contributed by atoms with van der Waals surface area (Å²) in [6, 6.07) is 19.1. The first-order valence-corrected chi connectivity index (χ1v) is 16.4. The molecule has 5 heterocycles. The van der Waals surface area contributed by atoms with Gasteiger partial charge in [0.1, 0.15) is 6.10 Å². The van der Waals surface area contributed by atoms with Crippen LogP contribution in [0, 0.1) is 11.8 Å². The number of benzene rings is 2. The molecule has 3 aromatic rings. The Hall–Kier alpha value is -3.49. The van der Waals surface area contributed by atoms with E-state index < -0.39 is 11.6 Å². The van der Waals surface area contributed by atoms with E-state index in [2.05, 4.69) is 4.98 Å². The van der Waals surface area contributed by atoms with Gasteiger partial charge in [0.2, 0.25) is 0 Å². The fourth-order valence-corrected chi connectivity index (χ4v) is 8.44. The number of quaternary nitrogens is 1. The normalized spacial score (nSPS) is 27.1. The van der Waals surface area contributed by atoms with E-state index in [1.807, 2.05) is 36.9 Å². The van der Waals surface area contributed by atoms with Crippen LogP contribution in [0.15, 0.2) is 73.2 Å². The molecule has 4 fully saturated rings. The van der Waals surface area contributed by atoms with Gasteiger partial charge in [0, 0.05) is 69.0 Å². The fraction of sp³-hybridized carbons (Fsp3) is 0.528. The van der Waals surface area contributed by atoms with Crippen LogP contribution < -0.4 is 5.11 Å². The van der Waals surface area contributed by atoms with Crippen molar-refractivity contribution in [2.24, 2.45) is 18.9 Å². The number of cyclic esters (lactones) is 1. The number of hydrogen-bond acceptors (Lipinski definition) is 6. The summed E-state index contributed by atoms with van der Waals surface area (Å²) in [5, 5.41) is 14.0. The third kappa shape index (κ3) is 5.70. The number of aromatic nitrogens is 2. The van der Waals surface area contributed by atoms with Crippen LogP contribution >= 0.6 is 0 Å². The van der Waals surface area contributed by atoms with Gasteiger partial charge >= 0.3 is 11.9 Å². The molecule has 0 aliphatic carbocycles. The molecule has 1 spiro atoms. The summed E-state index contributed by atoms with van der Waals surface area (Å²) in [7, 11) is 1.97. The van der Waals surface area contributed by atoms with E-state index in [1.54, 1.807) is 54.9 Å². The molecule has 234 valence electrons. The van der Waals surface area contributed by atoms with E-state index in [0.29, 0.717) is 35.7 Å². The predicted octanol–water partition coefficient (Wildman–Crippen LogP) is 4.30. The highest BCUT2D eigenvalue weighted by atomic mass is 16.6. The molecule has 4 saturated heterocycles. The second kappa shape index (κ2) is 12.9. The average Bonchev–Trinajstić information content (AvgIpc) is 3.82. The van der Waals surface area contributed by atoms with Crippen molar-refractivity contribution in [1.82, 2.24) is 9.55 Å². The molecule has 7 rings (SSSR count). The van der Waals surface area contributed by atoms with Crippen LogP contribution in [-0.2, 0) is 38.1 Å². The van der Waals surface area contributed by atoms with E-state index in [-0.39, 0.29) is 18.0 Å². The molecule has 4 aliphatic heterocycles. The van der Waals surface area contributed by atoms with Crippen LogP contribution in [-0.4, -0.2) is 63.9 Å². The summed E-state index contributed by atoms with van der Waals surface area (Å²) >= 11 is 0. The number of carbonyl (C=O) groups is 2. The van der Waals surface area contributed by atoms with Crippen LogP contribution in [0.2, 0.25) is 0 Å². The van der Waals surface area contributed by atoms with E-state index in [9.17, 15) is 14.7 Å². The van der Waals surface area contributed by atoms with Gasteiger partial charge in [-0.3, -0.25) is 9.59 Å². The lowest BCUT2D eigenvalue weighted by Gasteiger charge is -2.48. The topological polar surface area (TPSA) is 93.5 Å². The van der Waals surface area contributed by atoms with Gasteiger partial charge in [0.15, 0.2) is 0 Å². The predicted molar refractivity (Wildman–Crippen MR) is 164 cm³/mol. The van der Waals surface area contributed by atoms with Crippen molar-refractivity contribution < 1.29 is 28.7 Å². The van der Waals surface area contributed by atoms with Crippen LogP contribution in [0.5, 0.6) is 0 Å². The Kier molecular flexibility index (Phi) is 8.92. The van der Waals surface area contributed by atoms with Gasteiger partial charge in [0.05, 0.1) is 44.0 Å². The molecule has 1 aromatic heterocycles. The van der Waals surface area contributed by atoms with Crippen molar-refractivity contribution in [3.05, 3.63) is 90.0 Å². The zero-order chi connectivity index (χ0) is 30.7. The summed E-state index contributed by atoms with van der Waals surface area (Å²) in [5.74, 6) is -0.309. The molecule has 2 aromatic carbocycles. The lowest BCUT2D eigenvalue weighted by molar-refractivity contribution is -0.956. The molecule has 8 heteroatoms. The molecule has 0 saturated carbocycles. The number of piperidine rings is 1. The van der Waals surface area contributed by atoms with Gasteiger partial charge in [0.25, 0.3) is 0 Å². The number of carbonyl (C=O) groups excluding carboxylic acids is 2. The van der Waals surface area contributed by atoms with Gasteiger partial charge in [-0.15, -0.1) is 0 Å². The van der Waals surface area contributed by atoms with Crippen molar-refractivity contribution in [3.8, 4) is 0 Å². The standard InChI is InChI=1S/C25H29NO3.C11H16N2O2/c27-24(25(28,19-9-3-1-4-10-19)20-11-5-2-6-12-20)29-23-17-21-13-14-22(18-23)26(21)15-7-8-16-26;1-3-10-8(6-15-11(10)14)4-9-5-12-7-13(9)2/h1-6,9-12,21-23H,7-8,13-18H2;5,7-8,10H,3-4,6H2,1-2H3/t21-,22+,23?;8-,10-/m.0/s1. The van der Waals surface area contributed by atoms with Crippen LogP contribution in [0.4, 0.5) is 0 Å². The molecule has 5 atom stereocenters. The Bertz CT molecular complexity index is 1360. The number of rotatable bonds is 7. The summed E-state index contributed by atoms with van der Waals surface area (Å²) in [6.07, 6.45) is 12.2. The third-order valence-electron chi connectivity index (χ3n) is 10.8. The Balaban J connectivity index is 0.000000193. The number of ether oxygens (including phenoxy) is 2. The lowest BCUT2D eigenvalue weighted by atomic mass is 9.86. The van der Waals surface area contributed by atoms with E-state index in [1.165, 1.54) is 43.3 Å². The SMILES string of the molecule is CC[C@@H]1C(=O)OC[C@@H]1Cc1cncn1C.O=C(OC1C[C@H]2CC[C@@H](C1)[N+]21CCCC1)C([O-])(c1ccccc1)c1ccccc1. The first-order chi connectivity index (χ1) is 21.3. The maximum absolute atomic E-state index is 14.0. The Morgan fingerprint density at radius 2 is 1.61 bits per heavy atom. The molecule has 4 aliphatic rings. The molecule has 8 nitrogen and oxygen atoms in total. The number of imidazole rings is 1. The minimum atomic E-state index is -2.03.